The minimum absolute atomic E-state index is 0.0342. The van der Waals surface area contributed by atoms with Gasteiger partial charge in [0.1, 0.15) is 5.82 Å². The number of hydrogen-bond donors (Lipinski definition) is 2. The molecule has 8 heteroatoms. The topological polar surface area (TPSA) is 75.4 Å². The molecule has 26 heavy (non-hydrogen) atoms. The van der Waals surface area contributed by atoms with E-state index in [-0.39, 0.29) is 35.7 Å². The zero-order valence-electron chi connectivity index (χ0n) is 14.5. The van der Waals surface area contributed by atoms with Gasteiger partial charge in [0.15, 0.2) is 11.6 Å². The largest absolute Gasteiger partial charge is 0.369 e. The van der Waals surface area contributed by atoms with Gasteiger partial charge in [0.25, 0.3) is 0 Å². The van der Waals surface area contributed by atoms with Crippen LogP contribution in [0.25, 0.3) is 0 Å². The highest BCUT2D eigenvalue weighted by atomic mass is 19.2. The van der Waals surface area contributed by atoms with Crippen LogP contribution in [0.5, 0.6) is 0 Å². The van der Waals surface area contributed by atoms with Gasteiger partial charge in [-0.25, -0.2) is 13.2 Å². The molecule has 5 nitrogen and oxygen atoms in total. The van der Waals surface area contributed by atoms with Crippen molar-refractivity contribution in [3.8, 4) is 0 Å². The Bertz CT molecular complexity index is 727. The van der Waals surface area contributed by atoms with E-state index in [2.05, 4.69) is 5.32 Å². The number of piperidine rings is 1. The third-order valence-corrected chi connectivity index (χ3v) is 5.39. The number of benzene rings is 1. The molecule has 3 atom stereocenters. The number of carbonyl (C=O) groups is 2. The molecule has 2 amide bonds. The van der Waals surface area contributed by atoms with Gasteiger partial charge in [0.2, 0.25) is 11.8 Å². The van der Waals surface area contributed by atoms with Crippen molar-refractivity contribution in [3.63, 3.8) is 0 Å². The molecule has 0 spiro atoms. The van der Waals surface area contributed by atoms with Crippen molar-refractivity contribution in [2.24, 2.45) is 5.73 Å². The third-order valence-electron chi connectivity index (χ3n) is 5.39. The fourth-order valence-corrected chi connectivity index (χ4v) is 4.41. The number of carbonyl (C=O) groups excluding carboxylic acids is 2. The van der Waals surface area contributed by atoms with Crippen LogP contribution >= 0.6 is 0 Å². The highest BCUT2D eigenvalue weighted by Gasteiger charge is 2.44. The van der Waals surface area contributed by atoms with Gasteiger partial charge in [-0.15, -0.1) is 0 Å². The van der Waals surface area contributed by atoms with Crippen molar-refractivity contribution >= 4 is 11.8 Å². The molecule has 2 fully saturated rings. The van der Waals surface area contributed by atoms with Crippen LogP contribution in [0, 0.1) is 17.5 Å². The Hall–Kier alpha value is -2.09. The van der Waals surface area contributed by atoms with Gasteiger partial charge in [0, 0.05) is 23.2 Å². The number of nitrogens with one attached hydrogen (secondary N) is 1. The smallest absolute Gasteiger partial charge is 0.237 e. The molecule has 142 valence electrons. The number of fused-ring (bicyclic) bond motifs is 2. The van der Waals surface area contributed by atoms with Crippen molar-refractivity contribution in [2.75, 3.05) is 13.6 Å². The predicted octanol–water partition coefficient (Wildman–Crippen LogP) is 1.59. The Morgan fingerprint density at radius 3 is 2.35 bits per heavy atom. The molecule has 2 aliphatic heterocycles. The van der Waals surface area contributed by atoms with Gasteiger partial charge in [-0.2, -0.15) is 0 Å². The highest BCUT2D eigenvalue weighted by Crippen LogP contribution is 2.45. The fraction of sp³-hybridized carbons (Fsp3) is 0.556. The quantitative estimate of drug-likeness (QED) is 0.774. The lowest BCUT2D eigenvalue weighted by Crippen LogP contribution is -2.49. The standard InChI is InChI=1S/C18H22F3N3O2/c1-23-8-15(26)24-11-2-3-12(24)5-9(4-11)16-17(20)10(7-14(22)25)6-13(19)18(16)21/h6,9,11-12,23H,2-5,7-8H2,1H3,(H2,22,25)/t9?,11-,12?/m1/s1. The lowest BCUT2D eigenvalue weighted by Gasteiger charge is -2.39. The molecule has 0 aliphatic carbocycles. The highest BCUT2D eigenvalue weighted by molar-refractivity contribution is 5.79. The minimum Gasteiger partial charge on any atom is -0.369 e. The van der Waals surface area contributed by atoms with Crippen LogP contribution in [0.15, 0.2) is 6.07 Å². The van der Waals surface area contributed by atoms with Crippen LogP contribution in [0.3, 0.4) is 0 Å². The second-order valence-corrected chi connectivity index (χ2v) is 7.09. The molecule has 0 radical (unpaired) electrons. The van der Waals surface area contributed by atoms with Gasteiger partial charge in [0.05, 0.1) is 13.0 Å². The number of nitrogens with two attached hydrogens (primary N) is 1. The second-order valence-electron chi connectivity index (χ2n) is 7.09. The molecule has 0 aromatic heterocycles. The summed E-state index contributed by atoms with van der Waals surface area (Å²) in [6.07, 6.45) is 1.80. The SMILES string of the molecule is CNCC(=O)N1C2CC[C@@H]1CC(c1c(F)c(F)cc(CC(N)=O)c1F)C2. The molecule has 1 aromatic carbocycles. The zero-order chi connectivity index (χ0) is 19.0. The summed E-state index contributed by atoms with van der Waals surface area (Å²) in [4.78, 5) is 25.2. The van der Waals surface area contributed by atoms with Gasteiger partial charge < -0.3 is 16.0 Å². The molecule has 2 bridgehead atoms. The molecule has 0 saturated carbocycles. The second kappa shape index (κ2) is 7.26. The molecule has 3 rings (SSSR count). The maximum Gasteiger partial charge on any atom is 0.237 e. The average molecular weight is 369 g/mol. The van der Waals surface area contributed by atoms with E-state index in [9.17, 15) is 22.8 Å². The Kier molecular flexibility index (Phi) is 5.22. The number of primary amides is 1. The van der Waals surface area contributed by atoms with Gasteiger partial charge >= 0.3 is 0 Å². The van der Waals surface area contributed by atoms with Crippen molar-refractivity contribution in [1.29, 1.82) is 0 Å². The van der Waals surface area contributed by atoms with E-state index >= 15 is 0 Å². The van der Waals surface area contributed by atoms with Crippen LogP contribution in [0.2, 0.25) is 0 Å². The maximum absolute atomic E-state index is 14.8. The Labute approximate surface area is 149 Å². The molecule has 2 aliphatic rings. The number of amides is 2. The average Bonchev–Trinajstić information content (AvgIpc) is 2.83. The minimum atomic E-state index is -1.21. The number of rotatable bonds is 5. The molecule has 3 N–H and O–H groups in total. The fourth-order valence-electron chi connectivity index (χ4n) is 4.41. The van der Waals surface area contributed by atoms with E-state index in [1.165, 1.54) is 0 Å². The van der Waals surface area contributed by atoms with Gasteiger partial charge in [-0.05, 0) is 44.7 Å². The summed E-state index contributed by atoms with van der Waals surface area (Å²) in [5, 5.41) is 2.82. The van der Waals surface area contributed by atoms with Gasteiger partial charge in [-0.3, -0.25) is 9.59 Å². The Balaban J connectivity index is 1.91. The van der Waals surface area contributed by atoms with Crippen molar-refractivity contribution < 1.29 is 22.8 Å². The molecular formula is C18H22F3N3O2. The van der Waals surface area contributed by atoms with E-state index in [4.69, 9.17) is 5.73 Å². The summed E-state index contributed by atoms with van der Waals surface area (Å²) in [7, 11) is 1.68. The number of likely N-dealkylation sites (N-methyl/N-ethyl adjacent to an activating group) is 1. The summed E-state index contributed by atoms with van der Waals surface area (Å²) in [5.41, 5.74) is 4.52. The summed E-state index contributed by atoms with van der Waals surface area (Å²) in [6, 6.07) is 0.474. The van der Waals surface area contributed by atoms with Crippen LogP contribution < -0.4 is 11.1 Å². The van der Waals surface area contributed by atoms with E-state index in [0.29, 0.717) is 18.9 Å². The van der Waals surface area contributed by atoms with Crippen LogP contribution in [0.1, 0.15) is 42.7 Å². The maximum atomic E-state index is 14.8. The number of halogens is 3. The van der Waals surface area contributed by atoms with Crippen molar-refractivity contribution in [2.45, 2.75) is 50.1 Å². The van der Waals surface area contributed by atoms with Crippen LogP contribution in [0.4, 0.5) is 13.2 Å². The zero-order valence-corrected chi connectivity index (χ0v) is 14.5. The summed E-state index contributed by atoms with van der Waals surface area (Å²) in [5.74, 6) is -4.68. The summed E-state index contributed by atoms with van der Waals surface area (Å²) in [6.45, 7) is 0.211. The lowest BCUT2D eigenvalue weighted by molar-refractivity contribution is -0.134. The van der Waals surface area contributed by atoms with E-state index in [1.54, 1.807) is 11.9 Å². The first-order valence-corrected chi connectivity index (χ1v) is 8.73. The first-order chi connectivity index (χ1) is 12.3. The molecule has 1 aromatic rings. The number of hydrogen-bond acceptors (Lipinski definition) is 3. The Morgan fingerprint density at radius 1 is 1.19 bits per heavy atom. The monoisotopic (exact) mass is 369 g/mol. The van der Waals surface area contributed by atoms with E-state index in [0.717, 1.165) is 12.8 Å². The lowest BCUT2D eigenvalue weighted by atomic mass is 9.83. The number of nitrogens with zero attached hydrogens (tertiary/aromatic N) is 1. The predicted molar refractivity (Wildman–Crippen MR) is 88.8 cm³/mol. The summed E-state index contributed by atoms with van der Waals surface area (Å²) >= 11 is 0. The molecule has 2 heterocycles. The van der Waals surface area contributed by atoms with Gasteiger partial charge in [-0.1, -0.05) is 0 Å². The van der Waals surface area contributed by atoms with Crippen LogP contribution in [-0.2, 0) is 16.0 Å². The normalized spacial score (nSPS) is 24.8. The van der Waals surface area contributed by atoms with Crippen molar-refractivity contribution in [3.05, 3.63) is 34.6 Å². The molecular weight excluding hydrogens is 347 g/mol. The van der Waals surface area contributed by atoms with Crippen molar-refractivity contribution in [1.82, 2.24) is 10.2 Å². The van der Waals surface area contributed by atoms with E-state index < -0.39 is 35.7 Å². The Morgan fingerprint density at radius 2 is 1.81 bits per heavy atom. The first kappa shape index (κ1) is 18.7. The first-order valence-electron chi connectivity index (χ1n) is 8.73. The summed E-state index contributed by atoms with van der Waals surface area (Å²) < 4.78 is 43.2. The van der Waals surface area contributed by atoms with Crippen LogP contribution in [-0.4, -0.2) is 42.4 Å². The molecule has 2 unspecified atom stereocenters. The van der Waals surface area contributed by atoms with E-state index in [1.807, 2.05) is 0 Å². The molecule has 2 saturated heterocycles. The third kappa shape index (κ3) is 3.30.